The molecule has 3 atom stereocenters. The standard InChI is InChI=1S/C21H21FN4O2/c1-14(18-7-4-5-10-23-18)25-21(27)16-9-11-28-20(16)15-12-24-26(13-15)19-8-3-2-6-17(19)22/h2-8,10,12-14,16,20H,9,11H2,1H3,(H,25,27)/t14-,16+,20-/m1/s1. The highest BCUT2D eigenvalue weighted by atomic mass is 19.1. The maximum absolute atomic E-state index is 14.0. The Kier molecular flexibility index (Phi) is 5.16. The minimum absolute atomic E-state index is 0.0840. The molecule has 144 valence electrons. The molecule has 0 saturated carbocycles. The number of rotatable bonds is 5. The summed E-state index contributed by atoms with van der Waals surface area (Å²) in [5.74, 6) is -0.772. The molecule has 1 aliphatic rings. The van der Waals surface area contributed by atoms with Gasteiger partial charge in [-0.2, -0.15) is 5.10 Å². The Morgan fingerprint density at radius 1 is 1.29 bits per heavy atom. The van der Waals surface area contributed by atoms with Crippen molar-refractivity contribution < 1.29 is 13.9 Å². The van der Waals surface area contributed by atoms with Crippen LogP contribution in [-0.4, -0.2) is 27.3 Å². The van der Waals surface area contributed by atoms with Crippen LogP contribution < -0.4 is 5.32 Å². The molecule has 28 heavy (non-hydrogen) atoms. The van der Waals surface area contributed by atoms with E-state index in [4.69, 9.17) is 4.74 Å². The second-order valence-corrected chi connectivity index (χ2v) is 6.84. The lowest BCUT2D eigenvalue weighted by molar-refractivity contribution is -0.127. The summed E-state index contributed by atoms with van der Waals surface area (Å²) in [5.41, 5.74) is 1.92. The van der Waals surface area contributed by atoms with Gasteiger partial charge < -0.3 is 10.1 Å². The Labute approximate surface area is 162 Å². The van der Waals surface area contributed by atoms with Gasteiger partial charge in [0.2, 0.25) is 5.91 Å². The van der Waals surface area contributed by atoms with Gasteiger partial charge in [0.1, 0.15) is 11.5 Å². The van der Waals surface area contributed by atoms with Gasteiger partial charge in [-0.1, -0.05) is 18.2 Å². The van der Waals surface area contributed by atoms with Crippen LogP contribution in [0.4, 0.5) is 4.39 Å². The normalized spacial score (nSPS) is 20.1. The van der Waals surface area contributed by atoms with Crippen molar-refractivity contribution in [3.63, 3.8) is 0 Å². The van der Waals surface area contributed by atoms with Gasteiger partial charge in [0, 0.05) is 24.6 Å². The van der Waals surface area contributed by atoms with E-state index in [-0.39, 0.29) is 23.7 Å². The number of ether oxygens (including phenoxy) is 1. The van der Waals surface area contributed by atoms with E-state index in [0.29, 0.717) is 18.7 Å². The fraction of sp³-hybridized carbons (Fsp3) is 0.286. The SMILES string of the molecule is C[C@@H](NC(=O)[C@H]1CCO[C@@H]1c1cnn(-c2ccccc2F)c1)c1ccccn1. The number of hydrogen-bond donors (Lipinski definition) is 1. The van der Waals surface area contributed by atoms with Crippen molar-refractivity contribution in [1.29, 1.82) is 0 Å². The second kappa shape index (κ2) is 7.90. The van der Waals surface area contributed by atoms with Gasteiger partial charge in [-0.15, -0.1) is 0 Å². The number of nitrogens with zero attached hydrogens (tertiary/aromatic N) is 3. The van der Waals surface area contributed by atoms with Crippen LogP contribution in [0.2, 0.25) is 0 Å². The lowest BCUT2D eigenvalue weighted by atomic mass is 9.96. The van der Waals surface area contributed by atoms with Gasteiger partial charge in [0.25, 0.3) is 0 Å². The van der Waals surface area contributed by atoms with Crippen molar-refractivity contribution in [2.24, 2.45) is 5.92 Å². The largest absolute Gasteiger partial charge is 0.373 e. The van der Waals surface area contributed by atoms with Crippen LogP contribution >= 0.6 is 0 Å². The monoisotopic (exact) mass is 380 g/mol. The van der Waals surface area contributed by atoms with Crippen molar-refractivity contribution >= 4 is 5.91 Å². The molecule has 0 spiro atoms. The summed E-state index contributed by atoms with van der Waals surface area (Å²) in [4.78, 5) is 17.1. The average Bonchev–Trinajstić information content (AvgIpc) is 3.38. The van der Waals surface area contributed by atoms with E-state index in [9.17, 15) is 9.18 Å². The molecular formula is C21H21FN4O2. The smallest absolute Gasteiger partial charge is 0.226 e. The zero-order valence-electron chi connectivity index (χ0n) is 15.5. The third kappa shape index (κ3) is 3.66. The van der Waals surface area contributed by atoms with Crippen molar-refractivity contribution in [3.8, 4) is 5.69 Å². The first kappa shape index (κ1) is 18.3. The highest BCUT2D eigenvalue weighted by Crippen LogP contribution is 2.35. The molecule has 1 aromatic carbocycles. The molecule has 0 unspecified atom stereocenters. The van der Waals surface area contributed by atoms with Gasteiger partial charge >= 0.3 is 0 Å². The summed E-state index contributed by atoms with van der Waals surface area (Å²) in [5, 5.41) is 7.27. The number of para-hydroxylation sites is 1. The quantitative estimate of drug-likeness (QED) is 0.737. The molecule has 4 rings (SSSR count). The molecule has 3 heterocycles. The van der Waals surface area contributed by atoms with Crippen molar-refractivity contribution in [1.82, 2.24) is 20.1 Å². The number of halogens is 1. The number of pyridine rings is 1. The first-order valence-electron chi connectivity index (χ1n) is 9.26. The van der Waals surface area contributed by atoms with Gasteiger partial charge in [-0.05, 0) is 37.6 Å². The second-order valence-electron chi connectivity index (χ2n) is 6.84. The molecule has 2 aromatic heterocycles. The minimum Gasteiger partial charge on any atom is -0.373 e. The van der Waals surface area contributed by atoms with Gasteiger partial charge in [-0.3, -0.25) is 9.78 Å². The third-order valence-electron chi connectivity index (χ3n) is 4.95. The molecule has 7 heteroatoms. The molecule has 3 aromatic rings. The molecule has 0 bridgehead atoms. The van der Waals surface area contributed by atoms with Crippen LogP contribution in [-0.2, 0) is 9.53 Å². The summed E-state index contributed by atoms with van der Waals surface area (Å²) in [6, 6.07) is 11.8. The zero-order valence-corrected chi connectivity index (χ0v) is 15.5. The van der Waals surface area contributed by atoms with E-state index in [1.54, 1.807) is 36.8 Å². The highest BCUT2D eigenvalue weighted by molar-refractivity contribution is 5.80. The van der Waals surface area contributed by atoms with Crippen LogP contribution in [0, 0.1) is 11.7 Å². The Hall–Kier alpha value is -3.06. The van der Waals surface area contributed by atoms with Crippen LogP contribution in [0.1, 0.15) is 36.7 Å². The Morgan fingerprint density at radius 3 is 2.89 bits per heavy atom. The van der Waals surface area contributed by atoms with Crippen LogP contribution in [0.3, 0.4) is 0 Å². The van der Waals surface area contributed by atoms with E-state index < -0.39 is 6.10 Å². The van der Waals surface area contributed by atoms with E-state index in [2.05, 4.69) is 15.4 Å². The van der Waals surface area contributed by atoms with Crippen molar-refractivity contribution in [2.45, 2.75) is 25.5 Å². The van der Waals surface area contributed by atoms with E-state index >= 15 is 0 Å². The number of amides is 1. The summed E-state index contributed by atoms with van der Waals surface area (Å²) < 4.78 is 21.3. The number of nitrogens with one attached hydrogen (secondary N) is 1. The molecule has 1 saturated heterocycles. The molecular weight excluding hydrogens is 359 g/mol. The first-order chi connectivity index (χ1) is 13.6. The summed E-state index contributed by atoms with van der Waals surface area (Å²) in [7, 11) is 0. The van der Waals surface area contributed by atoms with Gasteiger partial charge in [0.05, 0.1) is 30.0 Å². The van der Waals surface area contributed by atoms with Gasteiger partial charge in [-0.25, -0.2) is 9.07 Å². The average molecular weight is 380 g/mol. The molecule has 0 radical (unpaired) electrons. The highest BCUT2D eigenvalue weighted by Gasteiger charge is 2.36. The summed E-state index contributed by atoms with van der Waals surface area (Å²) in [6.45, 7) is 2.40. The van der Waals surface area contributed by atoms with E-state index in [0.717, 1.165) is 11.3 Å². The first-order valence-corrected chi connectivity index (χ1v) is 9.26. The summed E-state index contributed by atoms with van der Waals surface area (Å²) in [6.07, 6.45) is 5.27. The van der Waals surface area contributed by atoms with Crippen LogP contribution in [0.15, 0.2) is 61.1 Å². The molecule has 1 fully saturated rings. The predicted molar refractivity (Wildman–Crippen MR) is 101 cm³/mol. The number of carbonyl (C=O) groups excluding carboxylic acids is 1. The zero-order chi connectivity index (χ0) is 19.5. The fourth-order valence-corrected chi connectivity index (χ4v) is 3.47. The van der Waals surface area contributed by atoms with E-state index in [1.165, 1.54) is 10.7 Å². The Bertz CT molecular complexity index is 960. The predicted octanol–water partition coefficient (Wildman–Crippen LogP) is 3.36. The Morgan fingerprint density at radius 2 is 2.11 bits per heavy atom. The molecule has 1 amide bonds. The molecule has 0 aliphatic carbocycles. The van der Waals surface area contributed by atoms with Crippen molar-refractivity contribution in [2.75, 3.05) is 6.61 Å². The number of aromatic nitrogens is 3. The van der Waals surface area contributed by atoms with Crippen LogP contribution in [0.5, 0.6) is 0 Å². The van der Waals surface area contributed by atoms with Crippen molar-refractivity contribution in [3.05, 3.63) is 78.1 Å². The van der Waals surface area contributed by atoms with E-state index in [1.807, 2.05) is 25.1 Å². The third-order valence-corrected chi connectivity index (χ3v) is 4.95. The number of benzene rings is 1. The fourth-order valence-electron chi connectivity index (χ4n) is 3.47. The lowest BCUT2D eigenvalue weighted by Crippen LogP contribution is -2.34. The Balaban J connectivity index is 1.49. The lowest BCUT2D eigenvalue weighted by Gasteiger charge is -2.20. The van der Waals surface area contributed by atoms with Crippen LogP contribution in [0.25, 0.3) is 5.69 Å². The molecule has 6 nitrogen and oxygen atoms in total. The molecule has 1 aliphatic heterocycles. The van der Waals surface area contributed by atoms with Gasteiger partial charge in [0.15, 0.2) is 0 Å². The maximum atomic E-state index is 14.0. The number of carbonyl (C=O) groups is 1. The minimum atomic E-state index is -0.406. The maximum Gasteiger partial charge on any atom is 0.226 e. The molecule has 1 N–H and O–H groups in total. The summed E-state index contributed by atoms with van der Waals surface area (Å²) >= 11 is 0. The topological polar surface area (TPSA) is 69.0 Å². The number of hydrogen-bond acceptors (Lipinski definition) is 4.